The zero-order valence-corrected chi connectivity index (χ0v) is 10.2. The molecule has 1 aliphatic rings. The van der Waals surface area contributed by atoms with Crippen molar-refractivity contribution in [2.24, 2.45) is 0 Å². The summed E-state index contributed by atoms with van der Waals surface area (Å²) in [5.74, 6) is 0.0692. The Balaban J connectivity index is 2.09. The molecular formula is C11H13BrN2O. The SMILES string of the molecule is CN(C(=O)c1ccc(Br)nc1)C1CCC1. The summed E-state index contributed by atoms with van der Waals surface area (Å²) in [4.78, 5) is 17.8. The predicted molar refractivity (Wildman–Crippen MR) is 61.7 cm³/mol. The second-order valence-corrected chi connectivity index (χ2v) is 4.68. The van der Waals surface area contributed by atoms with Gasteiger partial charge in [0.25, 0.3) is 5.91 Å². The number of carbonyl (C=O) groups is 1. The van der Waals surface area contributed by atoms with Crippen LogP contribution in [0.5, 0.6) is 0 Å². The Hall–Kier alpha value is -0.900. The zero-order chi connectivity index (χ0) is 10.8. The first-order chi connectivity index (χ1) is 7.18. The van der Waals surface area contributed by atoms with Crippen LogP contribution in [0.4, 0.5) is 0 Å². The Kier molecular flexibility index (Phi) is 3.05. The summed E-state index contributed by atoms with van der Waals surface area (Å²) in [5, 5.41) is 0. The molecule has 1 fully saturated rings. The molecule has 1 saturated carbocycles. The molecule has 15 heavy (non-hydrogen) atoms. The monoisotopic (exact) mass is 268 g/mol. The fourth-order valence-corrected chi connectivity index (χ4v) is 1.88. The normalized spacial score (nSPS) is 15.9. The lowest BCUT2D eigenvalue weighted by molar-refractivity contribution is 0.0651. The highest BCUT2D eigenvalue weighted by atomic mass is 79.9. The number of pyridine rings is 1. The molecule has 0 saturated heterocycles. The Labute approximate surface area is 97.6 Å². The third kappa shape index (κ3) is 2.20. The van der Waals surface area contributed by atoms with E-state index in [1.54, 1.807) is 18.3 Å². The van der Waals surface area contributed by atoms with Crippen LogP contribution in [0.3, 0.4) is 0 Å². The molecule has 1 amide bonds. The highest BCUT2D eigenvalue weighted by Gasteiger charge is 2.26. The minimum Gasteiger partial charge on any atom is -0.339 e. The first-order valence-electron chi connectivity index (χ1n) is 5.07. The quantitative estimate of drug-likeness (QED) is 0.773. The van der Waals surface area contributed by atoms with Gasteiger partial charge in [-0.2, -0.15) is 0 Å². The molecule has 4 heteroatoms. The van der Waals surface area contributed by atoms with E-state index in [9.17, 15) is 4.79 Å². The molecule has 0 aliphatic heterocycles. The van der Waals surface area contributed by atoms with Crippen LogP contribution in [0.25, 0.3) is 0 Å². The van der Waals surface area contributed by atoms with Crippen molar-refractivity contribution in [3.63, 3.8) is 0 Å². The molecule has 1 aliphatic carbocycles. The summed E-state index contributed by atoms with van der Waals surface area (Å²) in [6.07, 6.45) is 5.11. The summed E-state index contributed by atoms with van der Waals surface area (Å²) in [7, 11) is 1.87. The summed E-state index contributed by atoms with van der Waals surface area (Å²) in [6.45, 7) is 0. The minimum absolute atomic E-state index is 0.0692. The van der Waals surface area contributed by atoms with Crippen LogP contribution in [-0.2, 0) is 0 Å². The molecule has 0 bridgehead atoms. The van der Waals surface area contributed by atoms with Crippen molar-refractivity contribution < 1.29 is 4.79 Å². The number of hydrogen-bond acceptors (Lipinski definition) is 2. The van der Waals surface area contributed by atoms with Crippen LogP contribution in [0, 0.1) is 0 Å². The Morgan fingerprint density at radius 2 is 2.27 bits per heavy atom. The molecule has 0 spiro atoms. The average Bonchev–Trinajstić information content (AvgIpc) is 2.15. The van der Waals surface area contributed by atoms with Crippen molar-refractivity contribution in [2.45, 2.75) is 25.3 Å². The Bertz CT molecular complexity index is 359. The van der Waals surface area contributed by atoms with Gasteiger partial charge in [-0.3, -0.25) is 4.79 Å². The van der Waals surface area contributed by atoms with Crippen LogP contribution >= 0.6 is 15.9 Å². The minimum atomic E-state index is 0.0692. The first kappa shape index (κ1) is 10.6. The summed E-state index contributed by atoms with van der Waals surface area (Å²) < 4.78 is 0.755. The van der Waals surface area contributed by atoms with Gasteiger partial charge in [0.1, 0.15) is 4.60 Å². The van der Waals surface area contributed by atoms with E-state index >= 15 is 0 Å². The van der Waals surface area contributed by atoms with E-state index in [0.29, 0.717) is 11.6 Å². The van der Waals surface area contributed by atoms with E-state index in [1.807, 2.05) is 11.9 Å². The van der Waals surface area contributed by atoms with Crippen LogP contribution in [0.2, 0.25) is 0 Å². The van der Waals surface area contributed by atoms with Crippen LogP contribution in [0.1, 0.15) is 29.6 Å². The second-order valence-electron chi connectivity index (χ2n) is 3.87. The maximum Gasteiger partial charge on any atom is 0.255 e. The number of rotatable bonds is 2. The third-order valence-electron chi connectivity index (χ3n) is 2.92. The third-order valence-corrected chi connectivity index (χ3v) is 3.39. The molecule has 2 rings (SSSR count). The van der Waals surface area contributed by atoms with Gasteiger partial charge in [-0.05, 0) is 47.3 Å². The van der Waals surface area contributed by atoms with Gasteiger partial charge in [0, 0.05) is 19.3 Å². The number of hydrogen-bond donors (Lipinski definition) is 0. The van der Waals surface area contributed by atoms with Gasteiger partial charge in [-0.1, -0.05) is 0 Å². The first-order valence-corrected chi connectivity index (χ1v) is 5.86. The lowest BCUT2D eigenvalue weighted by Crippen LogP contribution is -2.41. The molecule has 1 heterocycles. The maximum absolute atomic E-state index is 12.0. The molecule has 0 unspecified atom stereocenters. The van der Waals surface area contributed by atoms with Gasteiger partial charge in [-0.25, -0.2) is 4.98 Å². The summed E-state index contributed by atoms with van der Waals surface area (Å²) in [5.41, 5.74) is 0.660. The van der Waals surface area contributed by atoms with Gasteiger partial charge >= 0.3 is 0 Å². The molecule has 1 aromatic rings. The Morgan fingerprint density at radius 3 is 2.73 bits per heavy atom. The molecule has 80 valence electrons. The van der Waals surface area contributed by atoms with Crippen molar-refractivity contribution in [3.05, 3.63) is 28.5 Å². The van der Waals surface area contributed by atoms with Crippen LogP contribution in [0.15, 0.2) is 22.9 Å². The van der Waals surface area contributed by atoms with E-state index in [0.717, 1.165) is 17.4 Å². The van der Waals surface area contributed by atoms with Gasteiger partial charge in [0.2, 0.25) is 0 Å². The van der Waals surface area contributed by atoms with Crippen molar-refractivity contribution in [1.29, 1.82) is 0 Å². The number of aromatic nitrogens is 1. The van der Waals surface area contributed by atoms with E-state index in [1.165, 1.54) is 6.42 Å². The number of amides is 1. The van der Waals surface area contributed by atoms with E-state index in [4.69, 9.17) is 0 Å². The molecule has 3 nitrogen and oxygen atoms in total. The summed E-state index contributed by atoms with van der Waals surface area (Å²) in [6, 6.07) is 4.03. The van der Waals surface area contributed by atoms with E-state index < -0.39 is 0 Å². The topological polar surface area (TPSA) is 33.2 Å². The van der Waals surface area contributed by atoms with Crippen LogP contribution in [-0.4, -0.2) is 28.9 Å². The van der Waals surface area contributed by atoms with Crippen molar-refractivity contribution in [2.75, 3.05) is 7.05 Å². The standard InChI is InChI=1S/C11H13BrN2O/c1-14(9-3-2-4-9)11(15)8-5-6-10(12)13-7-8/h5-7,9H,2-4H2,1H3. The largest absolute Gasteiger partial charge is 0.339 e. The Morgan fingerprint density at radius 1 is 1.53 bits per heavy atom. The number of carbonyl (C=O) groups excluding carboxylic acids is 1. The number of nitrogens with zero attached hydrogens (tertiary/aromatic N) is 2. The smallest absolute Gasteiger partial charge is 0.255 e. The molecule has 0 N–H and O–H groups in total. The van der Waals surface area contributed by atoms with E-state index in [2.05, 4.69) is 20.9 Å². The fraction of sp³-hybridized carbons (Fsp3) is 0.455. The molecule has 0 aromatic carbocycles. The number of halogens is 1. The lowest BCUT2D eigenvalue weighted by Gasteiger charge is -2.34. The predicted octanol–water partition coefficient (Wildman–Crippen LogP) is 2.47. The van der Waals surface area contributed by atoms with Gasteiger partial charge in [-0.15, -0.1) is 0 Å². The van der Waals surface area contributed by atoms with Crippen LogP contribution < -0.4 is 0 Å². The summed E-state index contributed by atoms with van der Waals surface area (Å²) >= 11 is 3.25. The van der Waals surface area contributed by atoms with Crippen molar-refractivity contribution in [3.8, 4) is 0 Å². The lowest BCUT2D eigenvalue weighted by atomic mass is 9.91. The van der Waals surface area contributed by atoms with Crippen molar-refractivity contribution >= 4 is 21.8 Å². The van der Waals surface area contributed by atoms with Gasteiger partial charge in [0.05, 0.1) is 5.56 Å². The zero-order valence-electron chi connectivity index (χ0n) is 8.61. The highest BCUT2D eigenvalue weighted by molar-refractivity contribution is 9.10. The van der Waals surface area contributed by atoms with Gasteiger partial charge in [0.15, 0.2) is 0 Å². The van der Waals surface area contributed by atoms with Crippen molar-refractivity contribution in [1.82, 2.24) is 9.88 Å². The molecule has 1 aromatic heterocycles. The molecule has 0 atom stereocenters. The van der Waals surface area contributed by atoms with E-state index in [-0.39, 0.29) is 5.91 Å². The highest BCUT2D eigenvalue weighted by Crippen LogP contribution is 2.24. The molecular weight excluding hydrogens is 256 g/mol. The maximum atomic E-state index is 12.0. The molecule has 0 radical (unpaired) electrons. The second kappa shape index (κ2) is 4.31. The van der Waals surface area contributed by atoms with Gasteiger partial charge < -0.3 is 4.90 Å². The average molecular weight is 269 g/mol. The fourth-order valence-electron chi connectivity index (χ4n) is 1.65.